The molecule has 3 nitrogen and oxygen atoms in total. The number of carbonyl (C=O) groups excluding carboxylic acids is 1. The van der Waals surface area contributed by atoms with Crippen molar-refractivity contribution in [3.63, 3.8) is 0 Å². The minimum atomic E-state index is -0.241. The van der Waals surface area contributed by atoms with Gasteiger partial charge in [0.2, 0.25) is 0 Å². The third kappa shape index (κ3) is 4.89. The molecular formula is C19H22Cl2N2O. The van der Waals surface area contributed by atoms with E-state index in [0.29, 0.717) is 23.0 Å². The van der Waals surface area contributed by atoms with E-state index in [2.05, 4.69) is 31.4 Å². The number of para-hydroxylation sites is 1. The van der Waals surface area contributed by atoms with Crippen LogP contribution in [0.4, 0.5) is 10.5 Å². The van der Waals surface area contributed by atoms with Crippen molar-refractivity contribution in [1.82, 2.24) is 5.32 Å². The molecule has 2 amide bonds. The van der Waals surface area contributed by atoms with Crippen LogP contribution in [0.1, 0.15) is 31.9 Å². The molecule has 5 heteroatoms. The van der Waals surface area contributed by atoms with Crippen molar-refractivity contribution in [2.75, 3.05) is 11.9 Å². The molecule has 0 heterocycles. The predicted molar refractivity (Wildman–Crippen MR) is 102 cm³/mol. The lowest BCUT2D eigenvalue weighted by Crippen LogP contribution is -2.31. The average Bonchev–Trinajstić information content (AvgIpc) is 2.49. The van der Waals surface area contributed by atoms with E-state index in [1.807, 2.05) is 24.3 Å². The van der Waals surface area contributed by atoms with Crippen molar-refractivity contribution in [3.8, 4) is 0 Å². The Balaban J connectivity index is 1.95. The maximum atomic E-state index is 12.2. The molecule has 0 radical (unpaired) electrons. The van der Waals surface area contributed by atoms with E-state index in [0.717, 1.165) is 16.8 Å². The number of urea groups is 1. The van der Waals surface area contributed by atoms with E-state index in [1.54, 1.807) is 18.2 Å². The van der Waals surface area contributed by atoms with Crippen LogP contribution in [0, 0.1) is 0 Å². The topological polar surface area (TPSA) is 41.1 Å². The van der Waals surface area contributed by atoms with Gasteiger partial charge in [0.15, 0.2) is 0 Å². The Morgan fingerprint density at radius 1 is 1.00 bits per heavy atom. The number of amides is 2. The molecule has 0 aromatic heterocycles. The first-order chi connectivity index (χ1) is 11.3. The first kappa shape index (κ1) is 18.6. The lowest BCUT2D eigenvalue weighted by atomic mass is 9.86. The van der Waals surface area contributed by atoms with Crippen molar-refractivity contribution in [2.45, 2.75) is 32.6 Å². The Hall–Kier alpha value is -1.71. The Morgan fingerprint density at radius 2 is 1.62 bits per heavy atom. The summed E-state index contributed by atoms with van der Waals surface area (Å²) in [6.45, 7) is 6.80. The zero-order valence-electron chi connectivity index (χ0n) is 14.1. The maximum Gasteiger partial charge on any atom is 0.319 e. The highest BCUT2D eigenvalue weighted by molar-refractivity contribution is 6.36. The number of anilines is 1. The van der Waals surface area contributed by atoms with Gasteiger partial charge in [-0.2, -0.15) is 0 Å². The lowest BCUT2D eigenvalue weighted by molar-refractivity contribution is 0.252. The van der Waals surface area contributed by atoms with E-state index in [1.165, 1.54) is 0 Å². The quantitative estimate of drug-likeness (QED) is 0.722. The highest BCUT2D eigenvalue weighted by Crippen LogP contribution is 2.29. The zero-order valence-corrected chi connectivity index (χ0v) is 15.6. The minimum Gasteiger partial charge on any atom is -0.338 e. The molecular weight excluding hydrogens is 343 g/mol. The molecule has 0 saturated carbocycles. The second-order valence-corrected chi connectivity index (χ2v) is 7.44. The molecule has 2 rings (SSSR count). The van der Waals surface area contributed by atoms with Gasteiger partial charge in [0.1, 0.15) is 0 Å². The van der Waals surface area contributed by atoms with Gasteiger partial charge in [0, 0.05) is 22.3 Å². The van der Waals surface area contributed by atoms with Gasteiger partial charge >= 0.3 is 6.03 Å². The van der Waals surface area contributed by atoms with Gasteiger partial charge in [0.05, 0.1) is 0 Å². The summed E-state index contributed by atoms with van der Waals surface area (Å²) in [4.78, 5) is 12.2. The third-order valence-corrected chi connectivity index (χ3v) is 4.41. The molecule has 0 fully saturated rings. The molecule has 2 aromatic rings. The molecule has 24 heavy (non-hydrogen) atoms. The van der Waals surface area contributed by atoms with Gasteiger partial charge in [0.25, 0.3) is 0 Å². The third-order valence-electron chi connectivity index (χ3n) is 3.71. The minimum absolute atomic E-state index is 0.0467. The van der Waals surface area contributed by atoms with Gasteiger partial charge in [-0.25, -0.2) is 4.79 Å². The average molecular weight is 365 g/mol. The molecule has 128 valence electrons. The number of benzene rings is 2. The van der Waals surface area contributed by atoms with Crippen LogP contribution in [-0.4, -0.2) is 12.6 Å². The largest absolute Gasteiger partial charge is 0.338 e. The van der Waals surface area contributed by atoms with Gasteiger partial charge in [-0.3, -0.25) is 0 Å². The molecule has 0 atom stereocenters. The summed E-state index contributed by atoms with van der Waals surface area (Å²) >= 11 is 12.3. The fourth-order valence-electron chi connectivity index (χ4n) is 2.48. The summed E-state index contributed by atoms with van der Waals surface area (Å²) in [6, 6.07) is 13.0. The molecule has 0 unspecified atom stereocenters. The van der Waals surface area contributed by atoms with Crippen molar-refractivity contribution in [3.05, 3.63) is 63.6 Å². The monoisotopic (exact) mass is 364 g/mol. The highest BCUT2D eigenvalue weighted by Gasteiger charge is 2.18. The molecule has 0 aliphatic rings. The number of halogens is 2. The standard InChI is InChI=1S/C19H22Cl2N2O/c1-19(2,3)14-7-4-5-10-17(14)23-18(24)22-12-11-13-15(20)8-6-9-16(13)21/h4-10H,11-12H2,1-3H3,(H2,22,23,24). The Bertz CT molecular complexity index is 703. The lowest BCUT2D eigenvalue weighted by Gasteiger charge is -2.23. The van der Waals surface area contributed by atoms with Crippen molar-refractivity contribution in [2.24, 2.45) is 0 Å². The predicted octanol–water partition coefficient (Wildman–Crippen LogP) is 5.66. The number of nitrogens with one attached hydrogen (secondary N) is 2. The Kier molecular flexibility index (Phi) is 6.14. The smallest absolute Gasteiger partial charge is 0.319 e. The second-order valence-electron chi connectivity index (χ2n) is 6.63. The molecule has 0 aliphatic heterocycles. The first-order valence-electron chi connectivity index (χ1n) is 7.86. The van der Waals surface area contributed by atoms with Crippen molar-refractivity contribution >= 4 is 34.9 Å². The number of carbonyl (C=O) groups is 1. The summed E-state index contributed by atoms with van der Waals surface area (Å²) in [6.07, 6.45) is 0.576. The molecule has 0 spiro atoms. The molecule has 0 bridgehead atoms. The van der Waals surface area contributed by atoms with Crippen LogP contribution < -0.4 is 10.6 Å². The zero-order chi connectivity index (χ0) is 17.7. The van der Waals surface area contributed by atoms with Gasteiger partial charge < -0.3 is 10.6 Å². The van der Waals surface area contributed by atoms with Crippen LogP contribution in [0.5, 0.6) is 0 Å². The molecule has 0 aliphatic carbocycles. The van der Waals surface area contributed by atoms with E-state index >= 15 is 0 Å². The number of hydrogen-bond donors (Lipinski definition) is 2. The number of rotatable bonds is 4. The molecule has 0 saturated heterocycles. The highest BCUT2D eigenvalue weighted by atomic mass is 35.5. The van der Waals surface area contributed by atoms with E-state index in [4.69, 9.17) is 23.2 Å². The Morgan fingerprint density at radius 3 is 2.25 bits per heavy atom. The van der Waals surface area contributed by atoms with Crippen molar-refractivity contribution in [1.29, 1.82) is 0 Å². The van der Waals surface area contributed by atoms with E-state index in [9.17, 15) is 4.79 Å². The molecule has 2 N–H and O–H groups in total. The first-order valence-corrected chi connectivity index (χ1v) is 8.62. The number of hydrogen-bond acceptors (Lipinski definition) is 1. The van der Waals surface area contributed by atoms with E-state index < -0.39 is 0 Å². The van der Waals surface area contributed by atoms with Crippen LogP contribution in [-0.2, 0) is 11.8 Å². The second kappa shape index (κ2) is 7.91. The van der Waals surface area contributed by atoms with E-state index in [-0.39, 0.29) is 11.4 Å². The molecule has 2 aromatic carbocycles. The summed E-state index contributed by atoms with van der Waals surface area (Å²) in [5.41, 5.74) is 2.71. The maximum absolute atomic E-state index is 12.2. The van der Waals surface area contributed by atoms with Crippen molar-refractivity contribution < 1.29 is 4.79 Å². The van der Waals surface area contributed by atoms with Crippen LogP contribution in [0.2, 0.25) is 10.0 Å². The van der Waals surface area contributed by atoms with Crippen LogP contribution in [0.15, 0.2) is 42.5 Å². The summed E-state index contributed by atoms with van der Waals surface area (Å²) in [5.74, 6) is 0. The SMILES string of the molecule is CC(C)(C)c1ccccc1NC(=O)NCCc1c(Cl)cccc1Cl. The van der Waals surface area contributed by atoms with Crippen LogP contribution in [0.25, 0.3) is 0 Å². The normalized spacial score (nSPS) is 11.2. The van der Waals surface area contributed by atoms with Crippen LogP contribution in [0.3, 0.4) is 0 Å². The fraction of sp³-hybridized carbons (Fsp3) is 0.316. The van der Waals surface area contributed by atoms with Crippen LogP contribution >= 0.6 is 23.2 Å². The van der Waals surface area contributed by atoms with Gasteiger partial charge in [-0.15, -0.1) is 0 Å². The summed E-state index contributed by atoms with van der Waals surface area (Å²) in [5, 5.41) is 6.99. The fourth-order valence-corrected chi connectivity index (χ4v) is 3.07. The van der Waals surface area contributed by atoms with Gasteiger partial charge in [-0.05, 0) is 41.2 Å². The summed E-state index contributed by atoms with van der Waals surface area (Å²) < 4.78 is 0. The van der Waals surface area contributed by atoms with Gasteiger partial charge in [-0.1, -0.05) is 68.2 Å². The Labute approximate surface area is 153 Å². The summed E-state index contributed by atoms with van der Waals surface area (Å²) in [7, 11) is 0.